The topological polar surface area (TPSA) is 142 Å². The molecule has 3 rings (SSSR count). The van der Waals surface area contributed by atoms with Crippen molar-refractivity contribution in [1.82, 2.24) is 10.2 Å². The lowest BCUT2D eigenvalue weighted by molar-refractivity contribution is -0.151. The molecule has 1 fully saturated rings. The number of β-lactam (4-membered cyclic amide) rings is 1. The number of fused-ring (bicyclic) bond motifs is 1. The average molecular weight is 379 g/mol. The van der Waals surface area contributed by atoms with Gasteiger partial charge in [-0.15, -0.1) is 11.8 Å². The number of phenols is 1. The zero-order chi connectivity index (χ0) is 19.0. The zero-order valence-electron chi connectivity index (χ0n) is 13.7. The van der Waals surface area contributed by atoms with Crippen LogP contribution < -0.4 is 11.1 Å². The molecular weight excluding hydrogens is 362 g/mol. The predicted molar refractivity (Wildman–Crippen MR) is 91.7 cm³/mol. The summed E-state index contributed by atoms with van der Waals surface area (Å²) < 4.78 is 5.04. The number of hydrogen-bond acceptors (Lipinski definition) is 7. The Balaban J connectivity index is 1.72. The fourth-order valence-corrected chi connectivity index (χ4v) is 4.14. The van der Waals surface area contributed by atoms with Crippen molar-refractivity contribution in [3.63, 3.8) is 0 Å². The van der Waals surface area contributed by atoms with Gasteiger partial charge in [0, 0.05) is 0 Å². The van der Waals surface area contributed by atoms with Crippen LogP contribution in [0.25, 0.3) is 0 Å². The predicted octanol–water partition coefficient (Wildman–Crippen LogP) is -0.265. The molecule has 0 radical (unpaired) electrons. The third-order valence-electron chi connectivity index (χ3n) is 4.21. The number of carboxylic acids is 1. The number of benzene rings is 1. The highest BCUT2D eigenvalue weighted by atomic mass is 32.2. The van der Waals surface area contributed by atoms with Crippen molar-refractivity contribution < 1.29 is 29.3 Å². The Hall–Kier alpha value is -2.72. The number of carboxylic acid groups (broad SMARTS) is 1. The second-order valence-corrected chi connectivity index (χ2v) is 6.85. The number of rotatable bonds is 5. The van der Waals surface area contributed by atoms with Crippen LogP contribution in [0.2, 0.25) is 0 Å². The molecule has 0 aliphatic carbocycles. The minimum absolute atomic E-state index is 0.0479. The molecular formula is C16H17N3O6S. The van der Waals surface area contributed by atoms with E-state index in [-0.39, 0.29) is 23.0 Å². The number of aliphatic carboxylic acids is 1. The molecule has 0 aromatic heterocycles. The third kappa shape index (κ3) is 2.97. The van der Waals surface area contributed by atoms with E-state index in [1.54, 1.807) is 0 Å². The van der Waals surface area contributed by atoms with Crippen molar-refractivity contribution in [2.24, 2.45) is 5.73 Å². The van der Waals surface area contributed by atoms with Gasteiger partial charge in [-0.1, -0.05) is 12.1 Å². The van der Waals surface area contributed by atoms with E-state index in [0.717, 1.165) is 4.90 Å². The van der Waals surface area contributed by atoms with E-state index in [4.69, 9.17) is 10.5 Å². The van der Waals surface area contributed by atoms with Gasteiger partial charge in [-0.25, -0.2) is 4.79 Å². The summed E-state index contributed by atoms with van der Waals surface area (Å²) in [6, 6.07) is 3.97. The Morgan fingerprint density at radius 3 is 2.62 bits per heavy atom. The van der Waals surface area contributed by atoms with Crippen molar-refractivity contribution in [2.45, 2.75) is 17.5 Å². The minimum Gasteiger partial charge on any atom is -0.508 e. The first-order chi connectivity index (χ1) is 12.3. The van der Waals surface area contributed by atoms with Gasteiger partial charge < -0.3 is 26.0 Å². The van der Waals surface area contributed by atoms with Crippen LogP contribution in [0.4, 0.5) is 0 Å². The SMILES string of the molecule is COC1=C(C(=O)O)N2C(=O)[C@@H](NC(=O)C(N)c3ccc(O)cc3)[C@H]2SC1. The van der Waals surface area contributed by atoms with Gasteiger partial charge in [0.05, 0.1) is 12.9 Å². The number of nitrogens with two attached hydrogens (primary N) is 1. The number of carbonyl (C=O) groups is 3. The number of carbonyl (C=O) groups excluding carboxylic acids is 2. The summed E-state index contributed by atoms with van der Waals surface area (Å²) in [6.07, 6.45) is 0. The molecule has 138 valence electrons. The average Bonchev–Trinajstić information content (AvgIpc) is 2.64. The summed E-state index contributed by atoms with van der Waals surface area (Å²) in [4.78, 5) is 37.3. The quantitative estimate of drug-likeness (QED) is 0.512. The molecule has 0 bridgehead atoms. The molecule has 26 heavy (non-hydrogen) atoms. The molecule has 1 aromatic carbocycles. The molecule has 3 atom stereocenters. The van der Waals surface area contributed by atoms with Crippen molar-refractivity contribution in [1.29, 1.82) is 0 Å². The molecule has 9 nitrogen and oxygen atoms in total. The van der Waals surface area contributed by atoms with Gasteiger partial charge in [0.25, 0.3) is 5.91 Å². The second kappa shape index (κ2) is 6.89. The maximum atomic E-state index is 12.4. The number of nitrogens with zero attached hydrogens (tertiary/aromatic N) is 1. The van der Waals surface area contributed by atoms with Gasteiger partial charge in [-0.2, -0.15) is 0 Å². The number of methoxy groups -OCH3 is 1. The van der Waals surface area contributed by atoms with Gasteiger partial charge in [0.15, 0.2) is 5.70 Å². The maximum absolute atomic E-state index is 12.4. The number of amides is 2. The summed E-state index contributed by atoms with van der Waals surface area (Å²) in [7, 11) is 1.35. The van der Waals surface area contributed by atoms with Gasteiger partial charge in [0.1, 0.15) is 29.0 Å². The molecule has 10 heteroatoms. The number of ether oxygens (including phenoxy) is 1. The largest absolute Gasteiger partial charge is 0.508 e. The lowest BCUT2D eigenvalue weighted by Gasteiger charge is -2.49. The molecule has 0 saturated carbocycles. The van der Waals surface area contributed by atoms with Gasteiger partial charge in [0.2, 0.25) is 5.91 Å². The van der Waals surface area contributed by atoms with Crippen LogP contribution >= 0.6 is 11.8 Å². The van der Waals surface area contributed by atoms with E-state index >= 15 is 0 Å². The Kier molecular flexibility index (Phi) is 4.79. The van der Waals surface area contributed by atoms with Crippen LogP contribution in [-0.4, -0.2) is 57.2 Å². The lowest BCUT2D eigenvalue weighted by atomic mass is 10.0. The Bertz CT molecular complexity index is 794. The Labute approximate surface area is 152 Å². The fourth-order valence-electron chi connectivity index (χ4n) is 2.82. The highest BCUT2D eigenvalue weighted by Crippen LogP contribution is 2.40. The van der Waals surface area contributed by atoms with E-state index in [1.807, 2.05) is 0 Å². The molecule has 5 N–H and O–H groups in total. The summed E-state index contributed by atoms with van der Waals surface area (Å²) in [5.74, 6) is -1.81. The number of thioether (sulfide) groups is 1. The number of nitrogens with one attached hydrogen (secondary N) is 1. The molecule has 2 aliphatic heterocycles. The standard InChI is InChI=1S/C16H17N3O6S/c1-25-9-6-26-15-11(14(22)19(15)12(9)16(23)24)18-13(21)10(17)7-2-4-8(20)5-3-7/h2-5,10-11,15,20H,6,17H2,1H3,(H,18,21)(H,23,24)/t10?,11-,15-/m1/s1. The van der Waals surface area contributed by atoms with Crippen molar-refractivity contribution in [3.8, 4) is 5.75 Å². The highest BCUT2D eigenvalue weighted by molar-refractivity contribution is 8.00. The molecule has 2 amide bonds. The highest BCUT2D eigenvalue weighted by Gasteiger charge is 2.54. The first-order valence-corrected chi connectivity index (χ1v) is 8.70. The van der Waals surface area contributed by atoms with Gasteiger partial charge in [-0.3, -0.25) is 14.5 Å². The van der Waals surface area contributed by atoms with E-state index < -0.39 is 35.2 Å². The van der Waals surface area contributed by atoms with Crippen molar-refractivity contribution in [2.75, 3.05) is 12.9 Å². The number of aromatic hydroxyl groups is 1. The van der Waals surface area contributed by atoms with E-state index in [0.29, 0.717) is 5.56 Å². The van der Waals surface area contributed by atoms with Crippen LogP contribution in [0, 0.1) is 0 Å². The lowest BCUT2D eigenvalue weighted by Crippen LogP contribution is -2.71. The molecule has 1 unspecified atom stereocenters. The number of hydrogen-bond donors (Lipinski definition) is 4. The van der Waals surface area contributed by atoms with E-state index in [2.05, 4.69) is 5.32 Å². The van der Waals surface area contributed by atoms with E-state index in [9.17, 15) is 24.6 Å². The molecule has 1 aromatic rings. The third-order valence-corrected chi connectivity index (χ3v) is 5.47. The first kappa shape index (κ1) is 18.1. The van der Waals surface area contributed by atoms with Crippen molar-refractivity contribution >= 4 is 29.5 Å². The maximum Gasteiger partial charge on any atom is 0.356 e. The molecule has 2 aliphatic rings. The van der Waals surface area contributed by atoms with Gasteiger partial charge >= 0.3 is 5.97 Å². The monoisotopic (exact) mass is 379 g/mol. The summed E-state index contributed by atoms with van der Waals surface area (Å²) in [6.45, 7) is 0. The van der Waals surface area contributed by atoms with Crippen LogP contribution in [-0.2, 0) is 19.1 Å². The summed E-state index contributed by atoms with van der Waals surface area (Å²) >= 11 is 1.30. The second-order valence-electron chi connectivity index (χ2n) is 5.75. The molecule has 2 heterocycles. The van der Waals surface area contributed by atoms with Crippen molar-refractivity contribution in [3.05, 3.63) is 41.3 Å². The summed E-state index contributed by atoms with van der Waals surface area (Å²) in [5.41, 5.74) is 6.18. The Morgan fingerprint density at radius 2 is 2.04 bits per heavy atom. The number of phenolic OH excluding ortho intramolecular Hbond substituents is 1. The minimum atomic E-state index is -1.26. The smallest absolute Gasteiger partial charge is 0.356 e. The van der Waals surface area contributed by atoms with E-state index in [1.165, 1.54) is 43.1 Å². The van der Waals surface area contributed by atoms with Crippen LogP contribution in [0.15, 0.2) is 35.7 Å². The summed E-state index contributed by atoms with van der Waals surface area (Å²) in [5, 5.41) is 20.7. The fraction of sp³-hybridized carbons (Fsp3) is 0.312. The van der Waals surface area contributed by atoms with Crippen LogP contribution in [0.3, 0.4) is 0 Å². The zero-order valence-corrected chi connectivity index (χ0v) is 14.5. The first-order valence-electron chi connectivity index (χ1n) is 7.65. The molecule has 1 saturated heterocycles. The Morgan fingerprint density at radius 1 is 1.38 bits per heavy atom. The van der Waals surface area contributed by atoms with Crippen LogP contribution in [0.1, 0.15) is 11.6 Å². The van der Waals surface area contributed by atoms with Crippen LogP contribution in [0.5, 0.6) is 5.75 Å². The normalized spacial score (nSPS) is 23.0. The van der Waals surface area contributed by atoms with Gasteiger partial charge in [-0.05, 0) is 17.7 Å². The molecule has 0 spiro atoms.